The summed E-state index contributed by atoms with van der Waals surface area (Å²) in [5, 5.41) is 12.4. The van der Waals surface area contributed by atoms with E-state index in [1.54, 1.807) is 0 Å². The fourth-order valence-electron chi connectivity index (χ4n) is 4.63. The van der Waals surface area contributed by atoms with Gasteiger partial charge in [-0.25, -0.2) is 0 Å². The summed E-state index contributed by atoms with van der Waals surface area (Å²) in [5.41, 5.74) is 1.16. The van der Waals surface area contributed by atoms with Crippen molar-refractivity contribution in [1.29, 1.82) is 0 Å². The van der Waals surface area contributed by atoms with Gasteiger partial charge in [-0.05, 0) is 38.2 Å². The highest BCUT2D eigenvalue weighted by Crippen LogP contribution is 2.50. The van der Waals surface area contributed by atoms with Gasteiger partial charge in [0.2, 0.25) is 11.8 Å². The molecule has 2 N–H and O–H groups in total. The zero-order valence-corrected chi connectivity index (χ0v) is 15.0. The number of carbonyl (C=O) groups excluding carboxylic acids is 2. The van der Waals surface area contributed by atoms with Gasteiger partial charge >= 0.3 is 5.97 Å². The SMILES string of the molecule is Cc1ccc(C2(C(=O)N3CCC4(CC3)NC(=O)CC4C(=O)O)CC2)cc1. The summed E-state index contributed by atoms with van der Waals surface area (Å²) < 4.78 is 0. The Bertz CT molecular complexity index is 759. The van der Waals surface area contributed by atoms with Crippen molar-refractivity contribution in [3.63, 3.8) is 0 Å². The fourth-order valence-corrected chi connectivity index (χ4v) is 4.63. The highest BCUT2D eigenvalue weighted by Gasteiger charge is 2.56. The van der Waals surface area contributed by atoms with Crippen LogP contribution in [0.4, 0.5) is 0 Å². The summed E-state index contributed by atoms with van der Waals surface area (Å²) in [4.78, 5) is 38.4. The standard InChI is InChI=1S/C20H24N2O4/c1-13-2-4-14(5-3-13)19(6-7-19)18(26)22-10-8-20(9-11-22)15(17(24)25)12-16(23)21-20/h2-5,15H,6-12H2,1H3,(H,21,23)(H,24,25). The summed E-state index contributed by atoms with van der Waals surface area (Å²) in [6, 6.07) is 8.17. The minimum atomic E-state index is -0.929. The number of piperidine rings is 1. The summed E-state index contributed by atoms with van der Waals surface area (Å²) in [6.07, 6.45) is 2.78. The van der Waals surface area contributed by atoms with Crippen LogP contribution in [0.5, 0.6) is 0 Å². The van der Waals surface area contributed by atoms with Gasteiger partial charge in [-0.15, -0.1) is 0 Å². The van der Waals surface area contributed by atoms with Crippen LogP contribution in [0.2, 0.25) is 0 Å². The molecular weight excluding hydrogens is 332 g/mol. The maximum absolute atomic E-state index is 13.2. The van der Waals surface area contributed by atoms with Crippen LogP contribution in [-0.4, -0.2) is 46.4 Å². The number of benzene rings is 1. The number of rotatable bonds is 3. The quantitative estimate of drug-likeness (QED) is 0.861. The van der Waals surface area contributed by atoms with E-state index in [1.807, 2.05) is 36.1 Å². The van der Waals surface area contributed by atoms with E-state index in [0.717, 1.165) is 18.4 Å². The van der Waals surface area contributed by atoms with Crippen molar-refractivity contribution in [3.05, 3.63) is 35.4 Å². The number of aryl methyl sites for hydroxylation is 1. The molecule has 1 unspecified atom stereocenters. The Hall–Kier alpha value is -2.37. The van der Waals surface area contributed by atoms with Gasteiger partial charge in [0.1, 0.15) is 0 Å². The number of hydrogen-bond acceptors (Lipinski definition) is 3. The van der Waals surface area contributed by atoms with E-state index < -0.39 is 22.8 Å². The van der Waals surface area contributed by atoms with E-state index in [-0.39, 0.29) is 18.2 Å². The Balaban J connectivity index is 1.48. The number of carboxylic acids is 1. The molecule has 138 valence electrons. The Morgan fingerprint density at radius 3 is 2.27 bits per heavy atom. The number of hydrogen-bond donors (Lipinski definition) is 2. The van der Waals surface area contributed by atoms with Crippen LogP contribution in [0.1, 0.15) is 43.2 Å². The van der Waals surface area contributed by atoms with Gasteiger partial charge in [-0.3, -0.25) is 14.4 Å². The number of aliphatic carboxylic acids is 1. The van der Waals surface area contributed by atoms with Gasteiger partial charge in [0.15, 0.2) is 0 Å². The topological polar surface area (TPSA) is 86.7 Å². The van der Waals surface area contributed by atoms with Gasteiger partial charge in [-0.2, -0.15) is 0 Å². The van der Waals surface area contributed by atoms with Crippen molar-refractivity contribution >= 4 is 17.8 Å². The van der Waals surface area contributed by atoms with Crippen LogP contribution >= 0.6 is 0 Å². The molecule has 2 saturated heterocycles. The molecule has 3 fully saturated rings. The minimum absolute atomic E-state index is 0.0383. The van der Waals surface area contributed by atoms with Crippen LogP contribution in [-0.2, 0) is 19.8 Å². The molecule has 0 radical (unpaired) electrons. The molecule has 3 aliphatic rings. The number of carbonyl (C=O) groups is 3. The molecule has 2 heterocycles. The van der Waals surface area contributed by atoms with Gasteiger partial charge in [0.05, 0.1) is 16.9 Å². The summed E-state index contributed by atoms with van der Waals surface area (Å²) in [5.74, 6) is -1.68. The molecule has 4 rings (SSSR count). The number of likely N-dealkylation sites (tertiary alicyclic amines) is 1. The maximum Gasteiger partial charge on any atom is 0.309 e. The number of nitrogens with zero attached hydrogens (tertiary/aromatic N) is 1. The van der Waals surface area contributed by atoms with E-state index in [9.17, 15) is 19.5 Å². The molecule has 6 heteroatoms. The first-order valence-electron chi connectivity index (χ1n) is 9.27. The lowest BCUT2D eigenvalue weighted by Gasteiger charge is -2.42. The molecule has 1 aromatic carbocycles. The molecule has 26 heavy (non-hydrogen) atoms. The number of carboxylic acid groups (broad SMARTS) is 1. The molecule has 1 aliphatic carbocycles. The number of amides is 2. The largest absolute Gasteiger partial charge is 0.481 e. The molecule has 2 aliphatic heterocycles. The molecule has 1 spiro atoms. The van der Waals surface area contributed by atoms with Gasteiger partial charge in [0, 0.05) is 19.5 Å². The molecular formula is C20H24N2O4. The lowest BCUT2D eigenvalue weighted by Crippen LogP contribution is -2.57. The monoisotopic (exact) mass is 356 g/mol. The molecule has 0 bridgehead atoms. The third-order valence-electron chi connectivity index (χ3n) is 6.45. The average Bonchev–Trinajstić information content (AvgIpc) is 3.36. The predicted octanol–water partition coefficient (Wildman–Crippen LogP) is 1.61. The van der Waals surface area contributed by atoms with Gasteiger partial charge in [0.25, 0.3) is 0 Å². The Morgan fingerprint density at radius 1 is 1.12 bits per heavy atom. The Kier molecular flexibility index (Phi) is 3.82. The third kappa shape index (κ3) is 2.59. The van der Waals surface area contributed by atoms with Crippen LogP contribution in [0.15, 0.2) is 24.3 Å². The third-order valence-corrected chi connectivity index (χ3v) is 6.45. The molecule has 1 saturated carbocycles. The van der Waals surface area contributed by atoms with Crippen molar-refractivity contribution in [3.8, 4) is 0 Å². The van der Waals surface area contributed by atoms with Crippen LogP contribution < -0.4 is 5.32 Å². The van der Waals surface area contributed by atoms with Gasteiger partial charge in [-0.1, -0.05) is 29.8 Å². The summed E-state index contributed by atoms with van der Waals surface area (Å²) in [7, 11) is 0. The number of nitrogens with one attached hydrogen (secondary N) is 1. The lowest BCUT2D eigenvalue weighted by molar-refractivity contribution is -0.145. The molecule has 1 atom stereocenters. The van der Waals surface area contributed by atoms with Gasteiger partial charge < -0.3 is 15.3 Å². The van der Waals surface area contributed by atoms with E-state index in [4.69, 9.17) is 0 Å². The lowest BCUT2D eigenvalue weighted by atomic mass is 9.77. The minimum Gasteiger partial charge on any atom is -0.481 e. The summed E-state index contributed by atoms with van der Waals surface area (Å²) in [6.45, 7) is 3.02. The molecule has 2 amide bonds. The molecule has 6 nitrogen and oxygen atoms in total. The second-order valence-electron chi connectivity index (χ2n) is 8.04. The molecule has 0 aromatic heterocycles. The van der Waals surface area contributed by atoms with E-state index in [0.29, 0.717) is 25.9 Å². The van der Waals surface area contributed by atoms with Crippen molar-refractivity contribution in [2.45, 2.75) is 50.0 Å². The highest BCUT2D eigenvalue weighted by molar-refractivity contribution is 5.92. The zero-order chi connectivity index (χ0) is 18.5. The maximum atomic E-state index is 13.2. The van der Waals surface area contributed by atoms with Crippen molar-refractivity contribution in [2.75, 3.05) is 13.1 Å². The normalized spacial score (nSPS) is 25.8. The van der Waals surface area contributed by atoms with E-state index in [1.165, 1.54) is 5.56 Å². The van der Waals surface area contributed by atoms with Crippen molar-refractivity contribution < 1.29 is 19.5 Å². The van der Waals surface area contributed by atoms with Crippen molar-refractivity contribution in [2.24, 2.45) is 5.92 Å². The fraction of sp³-hybridized carbons (Fsp3) is 0.550. The van der Waals surface area contributed by atoms with E-state index >= 15 is 0 Å². The highest BCUT2D eigenvalue weighted by atomic mass is 16.4. The van der Waals surface area contributed by atoms with Crippen LogP contribution in [0.25, 0.3) is 0 Å². The second kappa shape index (κ2) is 5.83. The Morgan fingerprint density at radius 2 is 1.73 bits per heavy atom. The van der Waals surface area contributed by atoms with Crippen LogP contribution in [0, 0.1) is 12.8 Å². The zero-order valence-electron chi connectivity index (χ0n) is 15.0. The van der Waals surface area contributed by atoms with Crippen molar-refractivity contribution in [1.82, 2.24) is 10.2 Å². The second-order valence-corrected chi connectivity index (χ2v) is 8.04. The first-order valence-corrected chi connectivity index (χ1v) is 9.27. The summed E-state index contributed by atoms with van der Waals surface area (Å²) >= 11 is 0. The first-order chi connectivity index (χ1) is 12.4. The first kappa shape index (κ1) is 17.1. The Labute approximate surface area is 152 Å². The molecule has 1 aromatic rings. The predicted molar refractivity (Wildman–Crippen MR) is 94.5 cm³/mol. The average molecular weight is 356 g/mol. The van der Waals surface area contributed by atoms with Crippen LogP contribution in [0.3, 0.4) is 0 Å². The smallest absolute Gasteiger partial charge is 0.309 e. The van der Waals surface area contributed by atoms with E-state index in [2.05, 4.69) is 5.32 Å².